The highest BCUT2D eigenvalue weighted by molar-refractivity contribution is 7.26. The highest BCUT2D eigenvalue weighted by Crippen LogP contribution is 2.49. The molecule has 59 heavy (non-hydrogen) atoms. The summed E-state index contributed by atoms with van der Waals surface area (Å²) in [5.41, 5.74) is 12.2. The van der Waals surface area contributed by atoms with Crippen LogP contribution in [0.5, 0.6) is 0 Å². The highest BCUT2D eigenvalue weighted by atomic mass is 32.1. The quantitative estimate of drug-likeness (QED) is 0.157. The number of benzene rings is 10. The molecule has 2 aromatic heterocycles. The van der Waals surface area contributed by atoms with E-state index in [1.807, 2.05) is 23.5 Å². The van der Waals surface area contributed by atoms with E-state index in [1.165, 1.54) is 58.4 Å². The van der Waals surface area contributed by atoms with Gasteiger partial charge in [0.1, 0.15) is 11.2 Å². The SMILES string of the molecule is c1ccc(-c2ccc(-c3cc4ccccc4c4ccccc34)cc2N(c2ccc(-c3ccc4oc5ccccc5c4c3)cc2)c2cccc3sc4ccccc4c23)cc1. The van der Waals surface area contributed by atoms with E-state index in [4.69, 9.17) is 4.42 Å². The Kier molecular flexibility index (Phi) is 7.75. The smallest absolute Gasteiger partial charge is 0.135 e. The first-order valence-corrected chi connectivity index (χ1v) is 20.9. The predicted molar refractivity (Wildman–Crippen MR) is 253 cm³/mol. The van der Waals surface area contributed by atoms with E-state index in [2.05, 4.69) is 205 Å². The van der Waals surface area contributed by atoms with E-state index < -0.39 is 0 Å². The Hall–Kier alpha value is -7.46. The molecule has 0 saturated heterocycles. The van der Waals surface area contributed by atoms with E-state index in [-0.39, 0.29) is 0 Å². The summed E-state index contributed by atoms with van der Waals surface area (Å²) in [7, 11) is 0. The van der Waals surface area contributed by atoms with Crippen LogP contribution in [0.4, 0.5) is 17.1 Å². The molecule has 0 atom stereocenters. The minimum absolute atomic E-state index is 0.904. The maximum Gasteiger partial charge on any atom is 0.135 e. The molecule has 0 aliphatic rings. The normalized spacial score (nSPS) is 11.7. The Labute approximate surface area is 345 Å². The summed E-state index contributed by atoms with van der Waals surface area (Å²) in [5, 5.41) is 9.80. The maximum absolute atomic E-state index is 6.18. The number of hydrogen-bond donors (Lipinski definition) is 0. The van der Waals surface area contributed by atoms with Crippen LogP contribution in [-0.4, -0.2) is 0 Å². The van der Waals surface area contributed by atoms with Gasteiger partial charge in [0, 0.05) is 42.2 Å². The van der Waals surface area contributed by atoms with Crippen LogP contribution >= 0.6 is 11.3 Å². The van der Waals surface area contributed by atoms with E-state index >= 15 is 0 Å². The molecule has 0 radical (unpaired) electrons. The molecule has 0 spiro atoms. The van der Waals surface area contributed by atoms with Crippen molar-refractivity contribution in [2.45, 2.75) is 0 Å². The molecule has 0 saturated carbocycles. The lowest BCUT2D eigenvalue weighted by atomic mass is 9.91. The van der Waals surface area contributed by atoms with Gasteiger partial charge in [-0.05, 0) is 110 Å². The van der Waals surface area contributed by atoms with Crippen LogP contribution in [0.3, 0.4) is 0 Å². The average Bonchev–Trinajstić information content (AvgIpc) is 3.88. The van der Waals surface area contributed by atoms with Crippen LogP contribution in [0.25, 0.3) is 97.0 Å². The van der Waals surface area contributed by atoms with E-state index in [9.17, 15) is 0 Å². The molecule has 0 bridgehead atoms. The van der Waals surface area contributed by atoms with Crippen LogP contribution < -0.4 is 4.90 Å². The second-order valence-electron chi connectivity index (χ2n) is 15.2. The fourth-order valence-corrected chi connectivity index (χ4v) is 10.2. The van der Waals surface area contributed by atoms with Crippen LogP contribution in [0, 0.1) is 0 Å². The molecular weight excluding hydrogens is 735 g/mol. The van der Waals surface area contributed by atoms with Crippen molar-refractivity contribution in [1.29, 1.82) is 0 Å². The lowest BCUT2D eigenvalue weighted by molar-refractivity contribution is 0.669. The second kappa shape index (κ2) is 13.6. The van der Waals surface area contributed by atoms with Crippen LogP contribution in [-0.2, 0) is 0 Å². The standard InChI is InChI=1S/C56H35NOS/c1-2-13-37(14-3-1)43-31-27-40(48-34-39-15-4-5-16-42(39)44-17-6-7-18-45(44)48)35-51(43)57(50-21-12-24-55-56(50)47-20-9-11-23-54(47)59-55)41-29-25-36(26-30-41)38-28-32-53-49(33-38)46-19-8-10-22-52(46)58-53/h1-35H. The van der Waals surface area contributed by atoms with Crippen molar-refractivity contribution >= 4 is 92.1 Å². The average molecular weight is 770 g/mol. The van der Waals surface area contributed by atoms with Gasteiger partial charge in [0.15, 0.2) is 0 Å². The number of thiophene rings is 1. The first-order valence-electron chi connectivity index (χ1n) is 20.1. The molecule has 0 aliphatic carbocycles. The van der Waals surface area contributed by atoms with E-state index in [1.54, 1.807) is 0 Å². The largest absolute Gasteiger partial charge is 0.456 e. The summed E-state index contributed by atoms with van der Waals surface area (Å²) in [6.07, 6.45) is 0. The monoisotopic (exact) mass is 769 g/mol. The van der Waals surface area contributed by atoms with E-state index in [0.717, 1.165) is 55.7 Å². The zero-order chi connectivity index (χ0) is 38.9. The van der Waals surface area contributed by atoms with Crippen molar-refractivity contribution in [3.63, 3.8) is 0 Å². The fraction of sp³-hybridized carbons (Fsp3) is 0. The number of fused-ring (bicyclic) bond motifs is 9. The van der Waals surface area contributed by atoms with Crippen molar-refractivity contribution in [3.05, 3.63) is 212 Å². The summed E-state index contributed by atoms with van der Waals surface area (Å²) in [6, 6.07) is 77.3. The molecule has 0 amide bonds. The number of nitrogens with zero attached hydrogens (tertiary/aromatic N) is 1. The molecule has 0 fully saturated rings. The molecule has 10 aromatic carbocycles. The summed E-state index contributed by atoms with van der Waals surface area (Å²) in [5.74, 6) is 0. The van der Waals surface area contributed by atoms with Gasteiger partial charge in [-0.1, -0.05) is 152 Å². The molecule has 276 valence electrons. The maximum atomic E-state index is 6.18. The Morgan fingerprint density at radius 2 is 1.00 bits per heavy atom. The molecular formula is C56H35NOS. The van der Waals surface area contributed by atoms with Gasteiger partial charge in [0.25, 0.3) is 0 Å². The van der Waals surface area contributed by atoms with Gasteiger partial charge < -0.3 is 9.32 Å². The molecule has 12 aromatic rings. The summed E-state index contributed by atoms with van der Waals surface area (Å²) >= 11 is 1.85. The molecule has 3 heteroatoms. The van der Waals surface area contributed by atoms with Crippen molar-refractivity contribution in [2.24, 2.45) is 0 Å². The molecule has 0 unspecified atom stereocenters. The van der Waals surface area contributed by atoms with Gasteiger partial charge >= 0.3 is 0 Å². The van der Waals surface area contributed by atoms with Crippen molar-refractivity contribution < 1.29 is 4.42 Å². The Morgan fingerprint density at radius 1 is 0.339 bits per heavy atom. The molecule has 0 aliphatic heterocycles. The minimum atomic E-state index is 0.904. The van der Waals surface area contributed by atoms with Crippen LogP contribution in [0.15, 0.2) is 217 Å². The summed E-state index contributed by atoms with van der Waals surface area (Å²) in [4.78, 5) is 2.49. The predicted octanol–water partition coefficient (Wildman–Crippen LogP) is 16.7. The minimum Gasteiger partial charge on any atom is -0.456 e. The van der Waals surface area contributed by atoms with Gasteiger partial charge in [-0.2, -0.15) is 0 Å². The topological polar surface area (TPSA) is 16.4 Å². The third-order valence-corrected chi connectivity index (χ3v) is 13.0. The summed E-state index contributed by atoms with van der Waals surface area (Å²) < 4.78 is 8.73. The van der Waals surface area contributed by atoms with Crippen molar-refractivity contribution in [2.75, 3.05) is 4.90 Å². The van der Waals surface area contributed by atoms with Gasteiger partial charge in [0.05, 0.1) is 11.4 Å². The Bertz CT molecular complexity index is 3560. The Morgan fingerprint density at radius 3 is 1.86 bits per heavy atom. The molecule has 2 nitrogen and oxygen atoms in total. The molecule has 0 N–H and O–H groups in total. The Balaban J connectivity index is 1.11. The zero-order valence-corrected chi connectivity index (χ0v) is 32.8. The fourth-order valence-electron chi connectivity index (χ4n) is 9.10. The van der Waals surface area contributed by atoms with Gasteiger partial charge in [-0.3, -0.25) is 0 Å². The number of furan rings is 1. The third kappa shape index (κ3) is 5.55. The summed E-state index contributed by atoms with van der Waals surface area (Å²) in [6.45, 7) is 0. The second-order valence-corrected chi connectivity index (χ2v) is 16.3. The molecule has 12 rings (SSSR count). The van der Waals surface area contributed by atoms with Crippen LogP contribution in [0.1, 0.15) is 0 Å². The van der Waals surface area contributed by atoms with E-state index in [0.29, 0.717) is 0 Å². The van der Waals surface area contributed by atoms with Crippen molar-refractivity contribution in [1.82, 2.24) is 0 Å². The first-order chi connectivity index (χ1) is 29.2. The number of para-hydroxylation sites is 1. The number of rotatable bonds is 6. The van der Waals surface area contributed by atoms with Gasteiger partial charge in [0.2, 0.25) is 0 Å². The zero-order valence-electron chi connectivity index (χ0n) is 32.0. The first kappa shape index (κ1) is 33.7. The third-order valence-electron chi connectivity index (χ3n) is 11.9. The number of hydrogen-bond acceptors (Lipinski definition) is 3. The van der Waals surface area contributed by atoms with Crippen LogP contribution in [0.2, 0.25) is 0 Å². The lowest BCUT2D eigenvalue weighted by Gasteiger charge is -2.29. The highest BCUT2D eigenvalue weighted by Gasteiger charge is 2.23. The number of anilines is 3. The van der Waals surface area contributed by atoms with Gasteiger partial charge in [-0.25, -0.2) is 0 Å². The lowest BCUT2D eigenvalue weighted by Crippen LogP contribution is -2.12. The molecule has 2 heterocycles. The van der Waals surface area contributed by atoms with Gasteiger partial charge in [-0.15, -0.1) is 11.3 Å². The van der Waals surface area contributed by atoms with Crippen molar-refractivity contribution in [3.8, 4) is 33.4 Å².